The molecule has 2 nitrogen and oxygen atoms in total. The van der Waals surface area contributed by atoms with E-state index >= 15 is 0 Å². The number of benzene rings is 1. The summed E-state index contributed by atoms with van der Waals surface area (Å²) in [6.07, 6.45) is 4.61. The lowest BCUT2D eigenvalue weighted by Crippen LogP contribution is -2.10. The molecular formula is C15H22N2. The molecule has 0 saturated heterocycles. The fourth-order valence-electron chi connectivity index (χ4n) is 2.62. The smallest absolute Gasteiger partial charge is 0.0528 e. The number of hydrogen-bond donors (Lipinski definition) is 1. The Morgan fingerprint density at radius 3 is 2.59 bits per heavy atom. The largest absolute Gasteiger partial charge is 0.344 e. The molecule has 2 heteroatoms. The number of aromatic nitrogens is 1. The number of nitrogens with one attached hydrogen (secondary N) is 1. The van der Waals surface area contributed by atoms with Gasteiger partial charge in [-0.05, 0) is 36.9 Å². The Morgan fingerprint density at radius 2 is 1.94 bits per heavy atom. The number of rotatable bonds is 5. The van der Waals surface area contributed by atoms with Crippen LogP contribution in [0.15, 0.2) is 30.5 Å². The van der Waals surface area contributed by atoms with Crippen molar-refractivity contribution in [2.75, 3.05) is 7.05 Å². The van der Waals surface area contributed by atoms with Gasteiger partial charge in [-0.25, -0.2) is 0 Å². The van der Waals surface area contributed by atoms with E-state index in [1.165, 1.54) is 29.3 Å². The summed E-state index contributed by atoms with van der Waals surface area (Å²) < 4.78 is 2.45. The Balaban J connectivity index is 2.56. The van der Waals surface area contributed by atoms with E-state index in [1.54, 1.807) is 0 Å². The first-order valence-corrected chi connectivity index (χ1v) is 6.54. The number of nitrogens with zero attached hydrogens (tertiary/aromatic N) is 1. The van der Waals surface area contributed by atoms with Crippen molar-refractivity contribution in [3.8, 4) is 0 Å². The maximum Gasteiger partial charge on any atom is 0.0528 e. The van der Waals surface area contributed by atoms with E-state index in [4.69, 9.17) is 0 Å². The normalized spacial score (nSPS) is 11.5. The molecule has 17 heavy (non-hydrogen) atoms. The fourth-order valence-corrected chi connectivity index (χ4v) is 2.62. The van der Waals surface area contributed by atoms with Crippen molar-refractivity contribution in [3.05, 3.63) is 36.0 Å². The average Bonchev–Trinajstić information content (AvgIpc) is 2.77. The predicted molar refractivity (Wildman–Crippen MR) is 74.3 cm³/mol. The second-order valence-corrected chi connectivity index (χ2v) is 4.58. The van der Waals surface area contributed by atoms with Crippen molar-refractivity contribution in [2.45, 2.75) is 39.3 Å². The van der Waals surface area contributed by atoms with E-state index in [2.05, 4.69) is 54.2 Å². The van der Waals surface area contributed by atoms with Gasteiger partial charge < -0.3 is 9.88 Å². The fraction of sp³-hybridized carbons (Fsp3) is 0.467. The zero-order chi connectivity index (χ0) is 12.3. The first-order chi connectivity index (χ1) is 8.31. The van der Waals surface area contributed by atoms with Gasteiger partial charge in [-0.15, -0.1) is 0 Å². The second kappa shape index (κ2) is 5.37. The van der Waals surface area contributed by atoms with Crippen molar-refractivity contribution in [1.29, 1.82) is 0 Å². The van der Waals surface area contributed by atoms with Crippen molar-refractivity contribution < 1.29 is 0 Å². The third-order valence-electron chi connectivity index (χ3n) is 3.53. The highest BCUT2D eigenvalue weighted by molar-refractivity contribution is 5.83. The molecule has 2 rings (SSSR count). The van der Waals surface area contributed by atoms with Gasteiger partial charge in [-0.2, -0.15) is 0 Å². The lowest BCUT2D eigenvalue weighted by atomic mass is 10.1. The van der Waals surface area contributed by atoms with Crippen LogP contribution in [-0.4, -0.2) is 11.6 Å². The minimum absolute atomic E-state index is 0.616. The molecule has 1 N–H and O–H groups in total. The Hall–Kier alpha value is -1.28. The highest BCUT2D eigenvalue weighted by Gasteiger charge is 2.11. The molecule has 0 aliphatic rings. The van der Waals surface area contributed by atoms with Crippen LogP contribution < -0.4 is 5.32 Å². The molecule has 0 atom stereocenters. The topological polar surface area (TPSA) is 17.0 Å². The molecule has 1 aromatic heterocycles. The summed E-state index contributed by atoms with van der Waals surface area (Å²) in [5, 5.41) is 4.61. The van der Waals surface area contributed by atoms with Gasteiger partial charge in [0, 0.05) is 18.8 Å². The van der Waals surface area contributed by atoms with Crippen molar-refractivity contribution in [3.63, 3.8) is 0 Å². The minimum Gasteiger partial charge on any atom is -0.344 e. The molecule has 0 aliphatic heterocycles. The molecule has 0 fully saturated rings. The van der Waals surface area contributed by atoms with Gasteiger partial charge in [0.2, 0.25) is 0 Å². The van der Waals surface area contributed by atoms with Gasteiger partial charge in [0.05, 0.1) is 5.52 Å². The summed E-state index contributed by atoms with van der Waals surface area (Å²) in [7, 11) is 2.00. The second-order valence-electron chi connectivity index (χ2n) is 4.58. The molecule has 0 saturated carbocycles. The van der Waals surface area contributed by atoms with Gasteiger partial charge in [0.1, 0.15) is 0 Å². The zero-order valence-corrected chi connectivity index (χ0v) is 11.0. The molecular weight excluding hydrogens is 208 g/mol. The van der Waals surface area contributed by atoms with Crippen molar-refractivity contribution in [1.82, 2.24) is 9.88 Å². The van der Waals surface area contributed by atoms with Gasteiger partial charge in [0.15, 0.2) is 0 Å². The van der Waals surface area contributed by atoms with E-state index < -0.39 is 0 Å². The molecule has 0 amide bonds. The molecule has 0 bridgehead atoms. The van der Waals surface area contributed by atoms with Crippen LogP contribution in [0, 0.1) is 0 Å². The summed E-state index contributed by atoms with van der Waals surface area (Å²) >= 11 is 0. The number of hydrogen-bond acceptors (Lipinski definition) is 1. The van der Waals surface area contributed by atoms with Gasteiger partial charge >= 0.3 is 0 Å². The summed E-state index contributed by atoms with van der Waals surface area (Å²) in [5.41, 5.74) is 2.79. The zero-order valence-electron chi connectivity index (χ0n) is 11.0. The quantitative estimate of drug-likeness (QED) is 0.828. The molecule has 0 unspecified atom stereocenters. The first kappa shape index (κ1) is 12.2. The van der Waals surface area contributed by atoms with Crippen molar-refractivity contribution >= 4 is 10.9 Å². The summed E-state index contributed by atoms with van der Waals surface area (Å²) in [5.74, 6) is 0. The maximum atomic E-state index is 3.25. The first-order valence-electron chi connectivity index (χ1n) is 6.54. The van der Waals surface area contributed by atoms with Crippen LogP contribution in [0.2, 0.25) is 0 Å². The molecule has 0 spiro atoms. The Kier molecular flexibility index (Phi) is 3.85. The number of para-hydroxylation sites is 1. The van der Waals surface area contributed by atoms with Gasteiger partial charge in [-0.1, -0.05) is 32.0 Å². The van der Waals surface area contributed by atoms with Crippen LogP contribution in [-0.2, 0) is 6.54 Å². The van der Waals surface area contributed by atoms with Crippen LogP contribution in [0.3, 0.4) is 0 Å². The van der Waals surface area contributed by atoms with Crippen molar-refractivity contribution in [2.24, 2.45) is 0 Å². The summed E-state index contributed by atoms with van der Waals surface area (Å²) in [6, 6.07) is 9.41. The minimum atomic E-state index is 0.616. The number of fused-ring (bicyclic) bond motifs is 1. The Morgan fingerprint density at radius 1 is 1.18 bits per heavy atom. The highest BCUT2D eigenvalue weighted by atomic mass is 15.0. The van der Waals surface area contributed by atoms with Crippen LogP contribution in [0.5, 0.6) is 0 Å². The molecule has 1 heterocycles. The maximum absolute atomic E-state index is 3.25. The van der Waals surface area contributed by atoms with Crippen LogP contribution in [0.1, 0.15) is 38.3 Å². The van der Waals surface area contributed by atoms with Crippen LogP contribution in [0.4, 0.5) is 0 Å². The Labute approximate surface area is 104 Å². The molecule has 2 aromatic rings. The lowest BCUT2D eigenvalue weighted by molar-refractivity contribution is 0.485. The Bertz CT molecular complexity index is 481. The van der Waals surface area contributed by atoms with Gasteiger partial charge in [-0.3, -0.25) is 0 Å². The predicted octanol–water partition coefficient (Wildman–Crippen LogP) is 3.72. The van der Waals surface area contributed by atoms with E-state index in [9.17, 15) is 0 Å². The van der Waals surface area contributed by atoms with Crippen LogP contribution >= 0.6 is 0 Å². The standard InChI is InChI=1S/C15H22N2/c1-4-14(5-2)17-10-9-12-7-6-8-13(11-16-3)15(12)17/h6-10,14,16H,4-5,11H2,1-3H3. The lowest BCUT2D eigenvalue weighted by Gasteiger charge is -2.18. The molecule has 1 aromatic carbocycles. The highest BCUT2D eigenvalue weighted by Crippen LogP contribution is 2.26. The van der Waals surface area contributed by atoms with E-state index in [-0.39, 0.29) is 0 Å². The summed E-state index contributed by atoms with van der Waals surface area (Å²) in [6.45, 7) is 5.46. The molecule has 92 valence electrons. The average molecular weight is 230 g/mol. The van der Waals surface area contributed by atoms with Gasteiger partial charge in [0.25, 0.3) is 0 Å². The third-order valence-corrected chi connectivity index (χ3v) is 3.53. The van der Waals surface area contributed by atoms with Crippen LogP contribution in [0.25, 0.3) is 10.9 Å². The van der Waals surface area contributed by atoms with E-state index in [1.807, 2.05) is 7.05 Å². The third kappa shape index (κ3) is 2.22. The van der Waals surface area contributed by atoms with E-state index in [0.29, 0.717) is 6.04 Å². The monoisotopic (exact) mass is 230 g/mol. The molecule has 0 radical (unpaired) electrons. The molecule has 0 aliphatic carbocycles. The SMILES string of the molecule is CCC(CC)n1ccc2cccc(CNC)c21. The van der Waals surface area contributed by atoms with E-state index in [0.717, 1.165) is 6.54 Å². The summed E-state index contributed by atoms with van der Waals surface area (Å²) in [4.78, 5) is 0.